The molecule has 0 aliphatic carbocycles. The zero-order valence-corrected chi connectivity index (χ0v) is 37.3. The number of hydrogen-bond acceptors (Lipinski definition) is 6. The van der Waals surface area contributed by atoms with Crippen LogP contribution in [0.2, 0.25) is 0 Å². The Morgan fingerprint density at radius 3 is 1.21 bits per heavy atom. The van der Waals surface area contributed by atoms with E-state index in [1.807, 2.05) is 36.5 Å². The average Bonchev–Trinajstić information content (AvgIpc) is 3.21. The zero-order chi connectivity index (χ0) is 41.5. The van der Waals surface area contributed by atoms with Crippen LogP contribution in [0.15, 0.2) is 60.8 Å². The van der Waals surface area contributed by atoms with E-state index in [0.29, 0.717) is 25.7 Å². The number of carbonyl (C=O) groups is 3. The molecule has 0 rings (SSSR count). The van der Waals surface area contributed by atoms with Crippen LogP contribution in [-0.4, -0.2) is 37.2 Å². The van der Waals surface area contributed by atoms with E-state index in [1.165, 1.54) is 116 Å². The number of esters is 3. The second kappa shape index (κ2) is 45.8. The molecule has 0 saturated heterocycles. The van der Waals surface area contributed by atoms with Gasteiger partial charge in [0.25, 0.3) is 0 Å². The summed E-state index contributed by atoms with van der Waals surface area (Å²) in [5, 5.41) is 0. The monoisotopic (exact) mass is 797 g/mol. The van der Waals surface area contributed by atoms with Crippen LogP contribution in [-0.2, 0) is 28.6 Å². The number of unbranched alkanes of at least 4 members (excludes halogenated alkanes) is 24. The Bertz CT molecular complexity index is 1050. The molecule has 1 unspecified atom stereocenters. The van der Waals surface area contributed by atoms with Gasteiger partial charge < -0.3 is 14.2 Å². The third kappa shape index (κ3) is 44.1. The molecule has 328 valence electrons. The summed E-state index contributed by atoms with van der Waals surface area (Å²) >= 11 is 0. The van der Waals surface area contributed by atoms with Crippen molar-refractivity contribution in [2.24, 2.45) is 0 Å². The largest absolute Gasteiger partial charge is 0.462 e. The van der Waals surface area contributed by atoms with Crippen LogP contribution in [0.5, 0.6) is 0 Å². The maximum Gasteiger partial charge on any atom is 0.306 e. The summed E-state index contributed by atoms with van der Waals surface area (Å²) in [4.78, 5) is 37.7. The van der Waals surface area contributed by atoms with Gasteiger partial charge in [-0.05, 0) is 57.8 Å². The Morgan fingerprint density at radius 1 is 0.368 bits per heavy atom. The maximum atomic E-state index is 12.7. The van der Waals surface area contributed by atoms with Gasteiger partial charge in [-0.25, -0.2) is 0 Å². The van der Waals surface area contributed by atoms with Crippen molar-refractivity contribution in [3.05, 3.63) is 60.8 Å². The molecule has 6 heteroatoms. The molecule has 0 aliphatic heterocycles. The molecule has 0 bridgehead atoms. The molecule has 57 heavy (non-hydrogen) atoms. The van der Waals surface area contributed by atoms with Crippen LogP contribution in [0.4, 0.5) is 0 Å². The summed E-state index contributed by atoms with van der Waals surface area (Å²) in [6.45, 7) is 6.40. The average molecular weight is 797 g/mol. The van der Waals surface area contributed by atoms with Crippen LogP contribution in [0, 0.1) is 0 Å². The molecule has 0 N–H and O–H groups in total. The Kier molecular flexibility index (Phi) is 43.5. The molecule has 0 aromatic carbocycles. The second-order valence-electron chi connectivity index (χ2n) is 15.7. The number of rotatable bonds is 42. The van der Waals surface area contributed by atoms with Crippen molar-refractivity contribution >= 4 is 17.9 Å². The SMILES string of the molecule is CC\C=C/C=C\C=C/C=C\CCCCCC(=O)OC(COC(=O)CCC/C=C\CCCCCC)COC(=O)CCCCCCCCCCCCCCCCCCC. The summed E-state index contributed by atoms with van der Waals surface area (Å²) in [6, 6.07) is 0. The van der Waals surface area contributed by atoms with E-state index in [2.05, 4.69) is 45.1 Å². The van der Waals surface area contributed by atoms with E-state index in [-0.39, 0.29) is 37.5 Å². The quantitative estimate of drug-likeness (QED) is 0.0201. The lowest BCUT2D eigenvalue weighted by Gasteiger charge is -2.18. The zero-order valence-electron chi connectivity index (χ0n) is 37.3. The van der Waals surface area contributed by atoms with Crippen LogP contribution in [0.1, 0.15) is 226 Å². The highest BCUT2D eigenvalue weighted by molar-refractivity contribution is 5.71. The van der Waals surface area contributed by atoms with Crippen molar-refractivity contribution < 1.29 is 28.6 Å². The second-order valence-corrected chi connectivity index (χ2v) is 15.7. The Morgan fingerprint density at radius 2 is 0.719 bits per heavy atom. The van der Waals surface area contributed by atoms with Crippen LogP contribution in [0.3, 0.4) is 0 Å². The van der Waals surface area contributed by atoms with Crippen molar-refractivity contribution in [3.63, 3.8) is 0 Å². The lowest BCUT2D eigenvalue weighted by molar-refractivity contribution is -0.167. The first-order chi connectivity index (χ1) is 28.0. The lowest BCUT2D eigenvalue weighted by Crippen LogP contribution is -2.30. The normalized spacial score (nSPS) is 12.5. The first-order valence-corrected chi connectivity index (χ1v) is 23.8. The Balaban J connectivity index is 4.38. The fourth-order valence-corrected chi connectivity index (χ4v) is 6.51. The highest BCUT2D eigenvalue weighted by atomic mass is 16.6. The van der Waals surface area contributed by atoms with Gasteiger partial charge in [0.1, 0.15) is 13.2 Å². The fourth-order valence-electron chi connectivity index (χ4n) is 6.51. The van der Waals surface area contributed by atoms with Crippen molar-refractivity contribution in [1.29, 1.82) is 0 Å². The van der Waals surface area contributed by atoms with E-state index in [1.54, 1.807) is 0 Å². The van der Waals surface area contributed by atoms with Crippen molar-refractivity contribution in [1.82, 2.24) is 0 Å². The van der Waals surface area contributed by atoms with Gasteiger partial charge in [0, 0.05) is 19.3 Å². The first kappa shape index (κ1) is 54.1. The van der Waals surface area contributed by atoms with Gasteiger partial charge >= 0.3 is 17.9 Å². The topological polar surface area (TPSA) is 78.9 Å². The molecule has 0 aromatic heterocycles. The third-order valence-electron chi connectivity index (χ3n) is 10.1. The van der Waals surface area contributed by atoms with Gasteiger partial charge in [-0.1, -0.05) is 210 Å². The van der Waals surface area contributed by atoms with E-state index >= 15 is 0 Å². The minimum atomic E-state index is -0.801. The summed E-state index contributed by atoms with van der Waals surface area (Å²) in [5.74, 6) is -0.974. The van der Waals surface area contributed by atoms with E-state index in [4.69, 9.17) is 14.2 Å². The fraction of sp³-hybridized carbons (Fsp3) is 0.745. The minimum absolute atomic E-state index is 0.0972. The predicted molar refractivity (Wildman–Crippen MR) is 242 cm³/mol. The van der Waals surface area contributed by atoms with Gasteiger partial charge in [0.2, 0.25) is 0 Å². The van der Waals surface area contributed by atoms with Gasteiger partial charge in [-0.3, -0.25) is 14.4 Å². The molecular weight excluding hydrogens is 709 g/mol. The molecule has 1 atom stereocenters. The molecule has 6 nitrogen and oxygen atoms in total. The lowest BCUT2D eigenvalue weighted by atomic mass is 10.0. The van der Waals surface area contributed by atoms with Gasteiger partial charge in [-0.15, -0.1) is 0 Å². The Labute approximate surface area is 351 Å². The first-order valence-electron chi connectivity index (χ1n) is 23.8. The summed E-state index contributed by atoms with van der Waals surface area (Å²) in [7, 11) is 0. The molecular formula is C51H88O6. The van der Waals surface area contributed by atoms with Gasteiger partial charge in [0.05, 0.1) is 0 Å². The van der Waals surface area contributed by atoms with E-state index in [0.717, 1.165) is 57.8 Å². The molecule has 0 amide bonds. The number of allylic oxidation sites excluding steroid dienone is 10. The van der Waals surface area contributed by atoms with Crippen LogP contribution < -0.4 is 0 Å². The molecule has 0 fully saturated rings. The standard InChI is InChI=1S/C51H88O6/c1-4-7-10-13-16-19-21-23-24-25-26-28-29-32-35-38-41-44-50(53)56-47-48(46-55-49(52)43-40-37-34-31-18-15-12-9-6-3)57-51(54)45-42-39-36-33-30-27-22-20-17-14-11-8-5-2/h8,11,14,17,20,22,27,30-31,34,48H,4-7,9-10,12-13,15-16,18-19,21,23-26,28-29,32-33,35-47H2,1-3H3/b11-8-,17-14-,22-20-,30-27-,34-31-. The molecule has 0 saturated carbocycles. The predicted octanol–water partition coefficient (Wildman–Crippen LogP) is 15.3. The van der Waals surface area contributed by atoms with E-state index in [9.17, 15) is 14.4 Å². The molecule has 0 heterocycles. The molecule has 0 spiro atoms. The van der Waals surface area contributed by atoms with E-state index < -0.39 is 6.10 Å². The highest BCUT2D eigenvalue weighted by Crippen LogP contribution is 2.15. The third-order valence-corrected chi connectivity index (χ3v) is 10.1. The van der Waals surface area contributed by atoms with Gasteiger partial charge in [0.15, 0.2) is 6.10 Å². The summed E-state index contributed by atoms with van der Waals surface area (Å²) < 4.78 is 16.6. The summed E-state index contributed by atoms with van der Waals surface area (Å²) in [6.07, 6.45) is 55.1. The Hall–Kier alpha value is -2.89. The van der Waals surface area contributed by atoms with Crippen LogP contribution in [0.25, 0.3) is 0 Å². The highest BCUT2D eigenvalue weighted by Gasteiger charge is 2.19. The molecule has 0 aliphatic rings. The number of ether oxygens (including phenoxy) is 3. The summed E-state index contributed by atoms with van der Waals surface area (Å²) in [5.41, 5.74) is 0. The van der Waals surface area contributed by atoms with Crippen molar-refractivity contribution in [2.75, 3.05) is 13.2 Å². The smallest absolute Gasteiger partial charge is 0.306 e. The molecule has 0 radical (unpaired) electrons. The number of hydrogen-bond donors (Lipinski definition) is 0. The van der Waals surface area contributed by atoms with Gasteiger partial charge in [-0.2, -0.15) is 0 Å². The maximum absolute atomic E-state index is 12.7. The molecule has 0 aromatic rings. The minimum Gasteiger partial charge on any atom is -0.462 e. The van der Waals surface area contributed by atoms with Crippen molar-refractivity contribution in [2.45, 2.75) is 232 Å². The van der Waals surface area contributed by atoms with Crippen LogP contribution >= 0.6 is 0 Å². The number of carbonyl (C=O) groups excluding carboxylic acids is 3. The van der Waals surface area contributed by atoms with Crippen molar-refractivity contribution in [3.8, 4) is 0 Å².